The number of benzene rings is 2. The van der Waals surface area contributed by atoms with Crippen molar-refractivity contribution in [3.8, 4) is 11.3 Å². The van der Waals surface area contributed by atoms with E-state index in [2.05, 4.69) is 50.9 Å². The van der Waals surface area contributed by atoms with Gasteiger partial charge in [0.05, 0.1) is 11.2 Å². The van der Waals surface area contributed by atoms with Gasteiger partial charge in [-0.05, 0) is 24.6 Å². The molecular formula is C22H23N7. The molecule has 0 aliphatic carbocycles. The monoisotopic (exact) mass is 385 g/mol. The Bertz CT molecular complexity index is 1140. The van der Waals surface area contributed by atoms with Gasteiger partial charge in [0.25, 0.3) is 0 Å². The van der Waals surface area contributed by atoms with Crippen molar-refractivity contribution in [1.82, 2.24) is 25.5 Å². The standard InChI is InChI=1S/C22H23N7/c1-15-6-2-3-7-16(15)19-14-20(29-12-10-23-11-13-29)25-22(24-19)26-21-17-8-4-5-9-18(17)27-28-21/h2-9,14,23H,10-13H2,1H3,(H2,24,25,26,27,28). The Balaban J connectivity index is 1.58. The zero-order chi connectivity index (χ0) is 19.6. The summed E-state index contributed by atoms with van der Waals surface area (Å²) in [4.78, 5) is 11.9. The van der Waals surface area contributed by atoms with Crippen molar-refractivity contribution in [3.63, 3.8) is 0 Å². The highest BCUT2D eigenvalue weighted by molar-refractivity contribution is 5.90. The van der Waals surface area contributed by atoms with E-state index in [4.69, 9.17) is 9.97 Å². The summed E-state index contributed by atoms with van der Waals surface area (Å²) >= 11 is 0. The summed E-state index contributed by atoms with van der Waals surface area (Å²) in [6.45, 7) is 5.87. The van der Waals surface area contributed by atoms with Crippen molar-refractivity contribution in [3.05, 3.63) is 60.2 Å². The molecule has 0 spiro atoms. The molecule has 4 aromatic rings. The van der Waals surface area contributed by atoms with Crippen LogP contribution in [0.15, 0.2) is 54.6 Å². The SMILES string of the molecule is Cc1ccccc1-c1cc(N2CCNCC2)nc(Nc2n[nH]c3ccccc23)n1. The fraction of sp³-hybridized carbons (Fsp3) is 0.227. The van der Waals surface area contributed by atoms with Crippen LogP contribution in [0.25, 0.3) is 22.2 Å². The topological polar surface area (TPSA) is 81.8 Å². The van der Waals surface area contributed by atoms with Gasteiger partial charge in [-0.1, -0.05) is 36.4 Å². The zero-order valence-corrected chi connectivity index (χ0v) is 16.3. The first-order valence-corrected chi connectivity index (χ1v) is 9.89. The van der Waals surface area contributed by atoms with E-state index in [9.17, 15) is 0 Å². The van der Waals surface area contributed by atoms with Crippen LogP contribution in [0.4, 0.5) is 17.6 Å². The second kappa shape index (κ2) is 7.52. The summed E-state index contributed by atoms with van der Waals surface area (Å²) in [6.07, 6.45) is 0. The predicted octanol–water partition coefficient (Wildman–Crippen LogP) is 3.48. The first-order valence-electron chi connectivity index (χ1n) is 9.89. The summed E-state index contributed by atoms with van der Waals surface area (Å²) in [5, 5.41) is 15.2. The summed E-state index contributed by atoms with van der Waals surface area (Å²) in [5.74, 6) is 2.22. The summed E-state index contributed by atoms with van der Waals surface area (Å²) in [6, 6.07) is 18.4. The smallest absolute Gasteiger partial charge is 0.230 e. The lowest BCUT2D eigenvalue weighted by molar-refractivity contribution is 0.585. The molecule has 3 heterocycles. The second-order valence-electron chi connectivity index (χ2n) is 7.23. The van der Waals surface area contributed by atoms with E-state index in [-0.39, 0.29) is 0 Å². The minimum atomic E-state index is 0.552. The number of H-pyrrole nitrogens is 1. The molecule has 146 valence electrons. The fourth-order valence-corrected chi connectivity index (χ4v) is 3.71. The van der Waals surface area contributed by atoms with Crippen LogP contribution in [0.5, 0.6) is 0 Å². The van der Waals surface area contributed by atoms with E-state index in [1.807, 2.05) is 36.4 Å². The molecule has 7 heteroatoms. The Kier molecular flexibility index (Phi) is 4.57. The van der Waals surface area contributed by atoms with E-state index in [1.54, 1.807) is 0 Å². The number of aryl methyl sites for hydroxylation is 1. The molecule has 7 nitrogen and oxygen atoms in total. The third kappa shape index (κ3) is 3.52. The molecule has 29 heavy (non-hydrogen) atoms. The largest absolute Gasteiger partial charge is 0.354 e. The van der Waals surface area contributed by atoms with Crippen molar-refractivity contribution in [2.24, 2.45) is 0 Å². The van der Waals surface area contributed by atoms with E-state index in [0.717, 1.165) is 60.0 Å². The van der Waals surface area contributed by atoms with Crippen LogP contribution in [-0.4, -0.2) is 46.3 Å². The second-order valence-corrected chi connectivity index (χ2v) is 7.23. The van der Waals surface area contributed by atoms with Gasteiger partial charge in [0.2, 0.25) is 5.95 Å². The molecule has 0 radical (unpaired) electrons. The van der Waals surface area contributed by atoms with Crippen LogP contribution < -0.4 is 15.5 Å². The highest BCUT2D eigenvalue weighted by Crippen LogP contribution is 2.28. The lowest BCUT2D eigenvalue weighted by atomic mass is 10.1. The molecule has 1 fully saturated rings. The van der Waals surface area contributed by atoms with Crippen molar-refractivity contribution < 1.29 is 0 Å². The third-order valence-electron chi connectivity index (χ3n) is 5.28. The van der Waals surface area contributed by atoms with Crippen molar-refractivity contribution in [2.75, 3.05) is 36.4 Å². The third-order valence-corrected chi connectivity index (χ3v) is 5.28. The maximum atomic E-state index is 4.82. The maximum absolute atomic E-state index is 4.82. The van der Waals surface area contributed by atoms with Crippen LogP contribution in [0.2, 0.25) is 0 Å². The fourth-order valence-electron chi connectivity index (χ4n) is 3.71. The number of fused-ring (bicyclic) bond motifs is 1. The average molecular weight is 385 g/mol. The molecule has 1 aliphatic rings. The molecule has 0 saturated carbocycles. The Hall–Kier alpha value is -3.45. The van der Waals surface area contributed by atoms with Gasteiger partial charge in [-0.25, -0.2) is 4.98 Å². The molecule has 0 atom stereocenters. The van der Waals surface area contributed by atoms with Gasteiger partial charge >= 0.3 is 0 Å². The van der Waals surface area contributed by atoms with Crippen molar-refractivity contribution >= 4 is 28.5 Å². The molecule has 2 aromatic carbocycles. The van der Waals surface area contributed by atoms with Crippen molar-refractivity contribution in [2.45, 2.75) is 6.92 Å². The Morgan fingerprint density at radius 3 is 2.62 bits per heavy atom. The molecule has 0 amide bonds. The summed E-state index contributed by atoms with van der Waals surface area (Å²) in [7, 11) is 0. The predicted molar refractivity (Wildman–Crippen MR) is 117 cm³/mol. The minimum absolute atomic E-state index is 0.552. The molecule has 0 unspecified atom stereocenters. The number of para-hydroxylation sites is 1. The van der Waals surface area contributed by atoms with Crippen LogP contribution in [0, 0.1) is 6.92 Å². The van der Waals surface area contributed by atoms with Gasteiger partial charge in [-0.2, -0.15) is 10.1 Å². The molecule has 1 aliphatic heterocycles. The lowest BCUT2D eigenvalue weighted by Gasteiger charge is -2.29. The minimum Gasteiger partial charge on any atom is -0.354 e. The number of rotatable bonds is 4. The van der Waals surface area contributed by atoms with Gasteiger partial charge in [-0.3, -0.25) is 5.10 Å². The van der Waals surface area contributed by atoms with Gasteiger partial charge in [0, 0.05) is 43.2 Å². The highest BCUT2D eigenvalue weighted by Gasteiger charge is 2.17. The maximum Gasteiger partial charge on any atom is 0.230 e. The van der Waals surface area contributed by atoms with Crippen LogP contribution in [-0.2, 0) is 0 Å². The number of nitrogens with one attached hydrogen (secondary N) is 3. The number of anilines is 3. The number of nitrogens with zero attached hydrogens (tertiary/aromatic N) is 4. The number of hydrogen-bond donors (Lipinski definition) is 3. The molecule has 1 saturated heterocycles. The first-order chi connectivity index (χ1) is 14.3. The highest BCUT2D eigenvalue weighted by atomic mass is 15.3. The van der Waals surface area contributed by atoms with E-state index in [1.165, 1.54) is 5.56 Å². The van der Waals surface area contributed by atoms with Crippen molar-refractivity contribution in [1.29, 1.82) is 0 Å². The van der Waals surface area contributed by atoms with Gasteiger partial charge in [-0.15, -0.1) is 0 Å². The van der Waals surface area contributed by atoms with Gasteiger partial charge in [0.1, 0.15) is 5.82 Å². The van der Waals surface area contributed by atoms with E-state index < -0.39 is 0 Å². The molecular weight excluding hydrogens is 362 g/mol. The normalized spacial score (nSPS) is 14.3. The number of aromatic nitrogens is 4. The Labute approximate surface area is 169 Å². The number of hydrogen-bond acceptors (Lipinski definition) is 6. The molecule has 2 aromatic heterocycles. The van der Waals surface area contributed by atoms with Crippen LogP contribution in [0.1, 0.15) is 5.56 Å². The number of aromatic amines is 1. The quantitative estimate of drug-likeness (QED) is 0.499. The Morgan fingerprint density at radius 2 is 1.76 bits per heavy atom. The Morgan fingerprint density at radius 1 is 0.966 bits per heavy atom. The molecule has 5 rings (SSSR count). The lowest BCUT2D eigenvalue weighted by Crippen LogP contribution is -2.44. The van der Waals surface area contributed by atoms with E-state index in [0.29, 0.717) is 5.95 Å². The molecule has 3 N–H and O–H groups in total. The van der Waals surface area contributed by atoms with Gasteiger partial charge in [0.15, 0.2) is 5.82 Å². The van der Waals surface area contributed by atoms with Gasteiger partial charge < -0.3 is 15.5 Å². The first kappa shape index (κ1) is 17.6. The number of piperazine rings is 1. The van der Waals surface area contributed by atoms with Crippen LogP contribution >= 0.6 is 0 Å². The summed E-state index contributed by atoms with van der Waals surface area (Å²) < 4.78 is 0. The van der Waals surface area contributed by atoms with E-state index >= 15 is 0 Å². The van der Waals surface area contributed by atoms with Crippen LogP contribution in [0.3, 0.4) is 0 Å². The zero-order valence-electron chi connectivity index (χ0n) is 16.3. The molecule has 0 bridgehead atoms. The summed E-state index contributed by atoms with van der Waals surface area (Å²) in [5.41, 5.74) is 4.19. The average Bonchev–Trinajstić information content (AvgIpc) is 3.17.